The number of phenolic OH excluding ortho intramolecular Hbond substituents is 1. The Balaban J connectivity index is 1.91. The molecule has 2 aliphatic rings. The number of imide groups is 1. The van der Waals surface area contributed by atoms with Gasteiger partial charge in [0.05, 0.1) is 17.5 Å². The number of amides is 2. The molecule has 4 rings (SSSR count). The number of benzene rings is 2. The lowest BCUT2D eigenvalue weighted by Gasteiger charge is -2.31. The highest BCUT2D eigenvalue weighted by Gasteiger charge is 2.42. The van der Waals surface area contributed by atoms with Gasteiger partial charge in [0.1, 0.15) is 5.75 Å². The van der Waals surface area contributed by atoms with Gasteiger partial charge in [-0.2, -0.15) is 0 Å². The van der Waals surface area contributed by atoms with Crippen molar-refractivity contribution < 1.29 is 23.1 Å². The van der Waals surface area contributed by atoms with Crippen molar-refractivity contribution in [2.75, 3.05) is 11.5 Å². The van der Waals surface area contributed by atoms with Gasteiger partial charge in [0.2, 0.25) is 0 Å². The molecule has 2 heterocycles. The molecular weight excluding hydrogens is 318 g/mol. The number of rotatable bonds is 1. The third-order valence-electron chi connectivity index (χ3n) is 4.49. The van der Waals surface area contributed by atoms with Gasteiger partial charge in [-0.05, 0) is 24.6 Å². The number of aromatic hydroxyl groups is 1. The van der Waals surface area contributed by atoms with E-state index in [1.54, 1.807) is 18.2 Å². The SMILES string of the molecule is O=C1c2cccc3c(O)ccc(c23)C(=O)N1C1CCS(=O)(=O)C1. The molecule has 0 bridgehead atoms. The van der Waals surface area contributed by atoms with Crippen molar-refractivity contribution in [3.8, 4) is 5.75 Å². The van der Waals surface area contributed by atoms with Crippen molar-refractivity contribution in [3.63, 3.8) is 0 Å². The average molecular weight is 331 g/mol. The van der Waals surface area contributed by atoms with Crippen LogP contribution in [0.1, 0.15) is 27.1 Å². The van der Waals surface area contributed by atoms with Gasteiger partial charge in [-0.3, -0.25) is 14.5 Å². The molecule has 1 saturated heterocycles. The fraction of sp³-hybridized carbons (Fsp3) is 0.250. The number of phenols is 1. The third-order valence-corrected chi connectivity index (χ3v) is 6.24. The molecule has 2 aliphatic heterocycles. The number of carbonyl (C=O) groups excluding carboxylic acids is 2. The second-order valence-corrected chi connectivity index (χ2v) is 8.13. The lowest BCUT2D eigenvalue weighted by Crippen LogP contribution is -2.47. The summed E-state index contributed by atoms with van der Waals surface area (Å²) in [4.78, 5) is 26.6. The largest absolute Gasteiger partial charge is 0.507 e. The van der Waals surface area contributed by atoms with Gasteiger partial charge in [0, 0.05) is 21.9 Å². The average Bonchev–Trinajstić information content (AvgIpc) is 2.86. The van der Waals surface area contributed by atoms with E-state index in [4.69, 9.17) is 0 Å². The fourth-order valence-electron chi connectivity index (χ4n) is 3.41. The zero-order chi connectivity index (χ0) is 16.4. The molecule has 1 N–H and O–H groups in total. The Kier molecular flexibility index (Phi) is 2.81. The Morgan fingerprint density at radius 3 is 2.39 bits per heavy atom. The van der Waals surface area contributed by atoms with Crippen molar-refractivity contribution in [2.24, 2.45) is 0 Å². The van der Waals surface area contributed by atoms with Gasteiger partial charge in [0.25, 0.3) is 11.8 Å². The number of hydrogen-bond donors (Lipinski definition) is 1. The maximum absolute atomic E-state index is 12.8. The van der Waals surface area contributed by atoms with Crippen LogP contribution in [0.4, 0.5) is 0 Å². The monoisotopic (exact) mass is 331 g/mol. The summed E-state index contributed by atoms with van der Waals surface area (Å²) >= 11 is 0. The number of hydrogen-bond acceptors (Lipinski definition) is 5. The van der Waals surface area contributed by atoms with Gasteiger partial charge in [-0.15, -0.1) is 0 Å². The summed E-state index contributed by atoms with van der Waals surface area (Å²) in [6.07, 6.45) is 0.267. The summed E-state index contributed by atoms with van der Waals surface area (Å²) in [5.74, 6) is -1.19. The second kappa shape index (κ2) is 4.55. The number of carbonyl (C=O) groups is 2. The first-order valence-corrected chi connectivity index (χ1v) is 9.04. The highest BCUT2D eigenvalue weighted by molar-refractivity contribution is 7.91. The highest BCUT2D eigenvalue weighted by Crippen LogP contribution is 2.36. The number of nitrogens with zero attached hydrogens (tertiary/aromatic N) is 1. The summed E-state index contributed by atoms with van der Waals surface area (Å²) in [5.41, 5.74) is 0.634. The van der Waals surface area contributed by atoms with Crippen molar-refractivity contribution in [1.82, 2.24) is 4.90 Å². The maximum atomic E-state index is 12.8. The molecule has 1 unspecified atom stereocenters. The quantitative estimate of drug-likeness (QED) is 0.796. The Morgan fingerprint density at radius 2 is 1.74 bits per heavy atom. The second-order valence-electron chi connectivity index (χ2n) is 5.90. The zero-order valence-corrected chi connectivity index (χ0v) is 12.8. The Labute approximate surface area is 132 Å². The van der Waals surface area contributed by atoms with Crippen molar-refractivity contribution >= 4 is 32.4 Å². The van der Waals surface area contributed by atoms with Crippen molar-refractivity contribution in [2.45, 2.75) is 12.5 Å². The molecule has 2 aromatic rings. The Morgan fingerprint density at radius 1 is 1.04 bits per heavy atom. The predicted octanol–water partition coefficient (Wildman–Crippen LogP) is 1.33. The smallest absolute Gasteiger partial charge is 0.261 e. The summed E-state index contributed by atoms with van der Waals surface area (Å²) in [6.45, 7) is 0. The first-order valence-electron chi connectivity index (χ1n) is 7.22. The van der Waals surface area contributed by atoms with Gasteiger partial charge in [-0.1, -0.05) is 12.1 Å². The minimum atomic E-state index is -3.21. The minimum Gasteiger partial charge on any atom is -0.507 e. The topological polar surface area (TPSA) is 91.8 Å². The molecule has 2 aromatic carbocycles. The van der Waals surface area contributed by atoms with E-state index in [0.29, 0.717) is 21.9 Å². The molecule has 0 aliphatic carbocycles. The minimum absolute atomic E-state index is 0.00286. The van der Waals surface area contributed by atoms with Crippen LogP contribution in [-0.2, 0) is 9.84 Å². The van der Waals surface area contributed by atoms with Crippen LogP contribution in [0.5, 0.6) is 5.75 Å². The van der Waals surface area contributed by atoms with E-state index in [0.717, 1.165) is 4.90 Å². The molecule has 0 radical (unpaired) electrons. The zero-order valence-electron chi connectivity index (χ0n) is 12.0. The van der Waals surface area contributed by atoms with Crippen LogP contribution < -0.4 is 0 Å². The van der Waals surface area contributed by atoms with Crippen LogP contribution in [0.3, 0.4) is 0 Å². The van der Waals surface area contributed by atoms with Crippen LogP contribution >= 0.6 is 0 Å². The van der Waals surface area contributed by atoms with Gasteiger partial charge in [-0.25, -0.2) is 8.42 Å². The summed E-state index contributed by atoms with van der Waals surface area (Å²) in [6, 6.07) is 7.14. The van der Waals surface area contributed by atoms with E-state index < -0.39 is 27.7 Å². The maximum Gasteiger partial charge on any atom is 0.261 e. The molecule has 0 spiro atoms. The van der Waals surface area contributed by atoms with Crippen LogP contribution in [0.15, 0.2) is 30.3 Å². The first kappa shape index (κ1) is 14.2. The molecule has 6 nitrogen and oxygen atoms in total. The van der Waals surface area contributed by atoms with E-state index in [9.17, 15) is 23.1 Å². The van der Waals surface area contributed by atoms with Gasteiger partial charge >= 0.3 is 0 Å². The van der Waals surface area contributed by atoms with Crippen LogP contribution in [-0.4, -0.2) is 47.8 Å². The molecule has 0 saturated carbocycles. The normalized spacial score (nSPS) is 22.8. The Hall–Kier alpha value is -2.41. The van der Waals surface area contributed by atoms with E-state index in [1.165, 1.54) is 12.1 Å². The molecular formula is C16H13NO5S. The fourth-order valence-corrected chi connectivity index (χ4v) is 5.11. The predicted molar refractivity (Wildman–Crippen MR) is 83.2 cm³/mol. The highest BCUT2D eigenvalue weighted by atomic mass is 32.2. The van der Waals surface area contributed by atoms with E-state index in [-0.39, 0.29) is 23.7 Å². The lowest BCUT2D eigenvalue weighted by molar-refractivity contribution is 0.0556. The lowest BCUT2D eigenvalue weighted by atomic mass is 9.92. The summed E-state index contributed by atoms with van der Waals surface area (Å²) in [5, 5.41) is 10.8. The van der Waals surface area contributed by atoms with Crippen LogP contribution in [0.25, 0.3) is 10.8 Å². The van der Waals surface area contributed by atoms with Crippen molar-refractivity contribution in [3.05, 3.63) is 41.5 Å². The molecule has 2 amide bonds. The van der Waals surface area contributed by atoms with E-state index in [1.807, 2.05) is 0 Å². The molecule has 1 atom stereocenters. The molecule has 23 heavy (non-hydrogen) atoms. The third kappa shape index (κ3) is 1.96. The standard InChI is InChI=1S/C16H13NO5S/c18-13-5-4-12-14-10(13)2-1-3-11(14)15(19)17(16(12)20)9-6-7-23(21,22)8-9/h1-5,9,18H,6-8H2. The summed E-state index contributed by atoms with van der Waals surface area (Å²) < 4.78 is 23.4. The molecule has 118 valence electrons. The van der Waals surface area contributed by atoms with Crippen LogP contribution in [0, 0.1) is 0 Å². The van der Waals surface area contributed by atoms with E-state index >= 15 is 0 Å². The van der Waals surface area contributed by atoms with Crippen molar-refractivity contribution in [1.29, 1.82) is 0 Å². The Bertz CT molecular complexity index is 957. The molecule has 1 fully saturated rings. The van der Waals surface area contributed by atoms with Gasteiger partial charge in [0.15, 0.2) is 9.84 Å². The summed E-state index contributed by atoms with van der Waals surface area (Å²) in [7, 11) is -3.21. The van der Waals surface area contributed by atoms with Crippen LogP contribution in [0.2, 0.25) is 0 Å². The first-order chi connectivity index (χ1) is 10.9. The molecule has 7 heteroatoms. The number of sulfone groups is 1. The molecule has 0 aromatic heterocycles. The van der Waals surface area contributed by atoms with Gasteiger partial charge < -0.3 is 5.11 Å². The van der Waals surface area contributed by atoms with E-state index in [2.05, 4.69) is 0 Å².